The lowest BCUT2D eigenvalue weighted by molar-refractivity contribution is 0.837. The molecule has 94 valence electrons. The molecule has 1 aromatic carbocycles. The van der Waals surface area contributed by atoms with E-state index in [1.54, 1.807) is 4.68 Å². The molecule has 3 rings (SSSR count). The van der Waals surface area contributed by atoms with Gasteiger partial charge in [-0.2, -0.15) is 5.10 Å². The summed E-state index contributed by atoms with van der Waals surface area (Å²) in [6.45, 7) is 2.06. The molecule has 1 aliphatic carbocycles. The Balaban J connectivity index is 2.08. The van der Waals surface area contributed by atoms with Crippen LogP contribution < -0.4 is 0 Å². The molecule has 0 radical (unpaired) electrons. The predicted octanol–water partition coefficient (Wildman–Crippen LogP) is 4.45. The van der Waals surface area contributed by atoms with E-state index in [0.29, 0.717) is 17.0 Å². The fraction of sp³-hybridized carbons (Fsp3) is 0.357. The minimum absolute atomic E-state index is 0.427. The van der Waals surface area contributed by atoms with Crippen LogP contribution in [0, 0.1) is 6.92 Å². The maximum absolute atomic E-state index is 6.39. The highest BCUT2D eigenvalue weighted by Crippen LogP contribution is 2.43. The van der Waals surface area contributed by atoms with Crippen molar-refractivity contribution in [3.63, 3.8) is 0 Å². The lowest BCUT2D eigenvalue weighted by Gasteiger charge is -2.03. The van der Waals surface area contributed by atoms with E-state index in [4.69, 9.17) is 23.2 Å². The fourth-order valence-corrected chi connectivity index (χ4v) is 2.74. The lowest BCUT2D eigenvalue weighted by atomic mass is 10.2. The van der Waals surface area contributed by atoms with E-state index in [2.05, 4.69) is 24.2 Å². The van der Waals surface area contributed by atoms with Gasteiger partial charge >= 0.3 is 0 Å². The van der Waals surface area contributed by atoms with Crippen molar-refractivity contribution < 1.29 is 0 Å². The molecule has 0 unspecified atom stereocenters. The molecule has 0 amide bonds. The largest absolute Gasteiger partial charge is 0.222 e. The molecule has 2 aromatic rings. The SMILES string of the molecule is Cc1ccc(-n2nc(C3CC3)c(CCl)c2Cl)cc1. The summed E-state index contributed by atoms with van der Waals surface area (Å²) in [4.78, 5) is 0. The van der Waals surface area contributed by atoms with Crippen LogP contribution >= 0.6 is 23.2 Å². The number of nitrogens with zero attached hydrogens (tertiary/aromatic N) is 2. The molecule has 1 heterocycles. The second-order valence-electron chi connectivity index (χ2n) is 4.81. The summed E-state index contributed by atoms with van der Waals surface area (Å²) in [6.07, 6.45) is 2.40. The molecule has 0 saturated heterocycles. The number of hydrogen-bond donors (Lipinski definition) is 0. The number of hydrogen-bond acceptors (Lipinski definition) is 1. The minimum Gasteiger partial charge on any atom is -0.222 e. The van der Waals surface area contributed by atoms with Gasteiger partial charge in [-0.25, -0.2) is 4.68 Å². The molecule has 1 aromatic heterocycles. The third-order valence-corrected chi connectivity index (χ3v) is 3.98. The number of aryl methyl sites for hydroxylation is 1. The van der Waals surface area contributed by atoms with Crippen LogP contribution in [0.15, 0.2) is 24.3 Å². The second kappa shape index (κ2) is 4.60. The Bertz CT molecular complexity index is 568. The number of alkyl halides is 1. The molecule has 1 fully saturated rings. The van der Waals surface area contributed by atoms with Gasteiger partial charge in [0.05, 0.1) is 17.3 Å². The maximum atomic E-state index is 6.39. The normalized spacial score (nSPS) is 15.1. The molecule has 2 nitrogen and oxygen atoms in total. The van der Waals surface area contributed by atoms with Crippen molar-refractivity contribution in [1.82, 2.24) is 9.78 Å². The first-order valence-corrected chi connectivity index (χ1v) is 7.02. The molecule has 0 spiro atoms. The van der Waals surface area contributed by atoms with Crippen molar-refractivity contribution in [3.8, 4) is 5.69 Å². The van der Waals surface area contributed by atoms with Gasteiger partial charge in [-0.05, 0) is 31.9 Å². The Morgan fingerprint density at radius 2 is 1.94 bits per heavy atom. The second-order valence-corrected chi connectivity index (χ2v) is 5.44. The summed E-state index contributed by atoms with van der Waals surface area (Å²) >= 11 is 12.4. The first-order chi connectivity index (χ1) is 8.70. The Kier molecular flexibility index (Phi) is 3.08. The highest BCUT2D eigenvalue weighted by Gasteiger charge is 2.31. The van der Waals surface area contributed by atoms with Crippen LogP contribution in [0.1, 0.15) is 35.6 Å². The van der Waals surface area contributed by atoms with E-state index in [-0.39, 0.29) is 0 Å². The molecule has 0 bridgehead atoms. The van der Waals surface area contributed by atoms with E-state index in [0.717, 1.165) is 16.9 Å². The van der Waals surface area contributed by atoms with Crippen LogP contribution in [0.5, 0.6) is 0 Å². The average Bonchev–Trinajstić information content (AvgIpc) is 3.15. The predicted molar refractivity (Wildman–Crippen MR) is 74.8 cm³/mol. The highest BCUT2D eigenvalue weighted by atomic mass is 35.5. The maximum Gasteiger partial charge on any atom is 0.137 e. The van der Waals surface area contributed by atoms with Crippen molar-refractivity contribution in [2.45, 2.75) is 31.6 Å². The van der Waals surface area contributed by atoms with E-state index < -0.39 is 0 Å². The molecular weight excluding hydrogens is 267 g/mol. The molecule has 0 N–H and O–H groups in total. The highest BCUT2D eigenvalue weighted by molar-refractivity contribution is 6.31. The summed E-state index contributed by atoms with van der Waals surface area (Å²) in [7, 11) is 0. The molecule has 0 atom stereocenters. The van der Waals surface area contributed by atoms with Crippen molar-refractivity contribution in [2.24, 2.45) is 0 Å². The minimum atomic E-state index is 0.427. The van der Waals surface area contributed by atoms with Crippen LogP contribution in [-0.4, -0.2) is 9.78 Å². The molecular formula is C14H14Cl2N2. The number of halogens is 2. The summed E-state index contributed by atoms with van der Waals surface area (Å²) in [6, 6.07) is 8.18. The van der Waals surface area contributed by atoms with Crippen LogP contribution in [0.3, 0.4) is 0 Å². The smallest absolute Gasteiger partial charge is 0.137 e. The van der Waals surface area contributed by atoms with Gasteiger partial charge in [-0.1, -0.05) is 29.3 Å². The van der Waals surface area contributed by atoms with E-state index in [1.165, 1.54) is 18.4 Å². The first-order valence-electron chi connectivity index (χ1n) is 6.11. The van der Waals surface area contributed by atoms with E-state index in [1.807, 2.05) is 12.1 Å². The summed E-state index contributed by atoms with van der Waals surface area (Å²) in [5, 5.41) is 5.29. The monoisotopic (exact) mass is 280 g/mol. The van der Waals surface area contributed by atoms with Crippen LogP contribution in [0.4, 0.5) is 0 Å². The molecule has 1 aliphatic rings. The van der Waals surface area contributed by atoms with Gasteiger partial charge in [0.2, 0.25) is 0 Å². The van der Waals surface area contributed by atoms with Crippen molar-refractivity contribution in [1.29, 1.82) is 0 Å². The Morgan fingerprint density at radius 3 is 2.50 bits per heavy atom. The van der Waals surface area contributed by atoms with Gasteiger partial charge in [0.1, 0.15) is 5.15 Å². The average molecular weight is 281 g/mol. The zero-order chi connectivity index (χ0) is 12.7. The number of benzene rings is 1. The van der Waals surface area contributed by atoms with Gasteiger partial charge < -0.3 is 0 Å². The Hall–Kier alpha value is -0.990. The Labute approximate surface area is 117 Å². The van der Waals surface area contributed by atoms with Crippen molar-refractivity contribution >= 4 is 23.2 Å². The van der Waals surface area contributed by atoms with E-state index in [9.17, 15) is 0 Å². The summed E-state index contributed by atoms with van der Waals surface area (Å²) in [5.74, 6) is 0.985. The molecule has 4 heteroatoms. The van der Waals surface area contributed by atoms with Crippen molar-refractivity contribution in [3.05, 3.63) is 46.2 Å². The third kappa shape index (κ3) is 2.04. The zero-order valence-corrected chi connectivity index (χ0v) is 11.7. The van der Waals surface area contributed by atoms with Crippen LogP contribution in [0.2, 0.25) is 5.15 Å². The van der Waals surface area contributed by atoms with Crippen molar-refractivity contribution in [2.75, 3.05) is 0 Å². The summed E-state index contributed by atoms with van der Waals surface area (Å²) in [5.41, 5.74) is 4.28. The lowest BCUT2D eigenvalue weighted by Crippen LogP contribution is -1.97. The zero-order valence-electron chi connectivity index (χ0n) is 10.2. The number of rotatable bonds is 3. The number of aromatic nitrogens is 2. The standard InChI is InChI=1S/C14H14Cl2N2/c1-9-2-6-11(7-3-9)18-14(16)12(8-15)13(17-18)10-4-5-10/h2-3,6-7,10H,4-5,8H2,1H3. The fourth-order valence-electron chi connectivity index (χ4n) is 2.11. The van der Waals surface area contributed by atoms with Gasteiger partial charge in [0.25, 0.3) is 0 Å². The van der Waals surface area contributed by atoms with Crippen LogP contribution in [0.25, 0.3) is 5.69 Å². The first kappa shape index (κ1) is 12.1. The Morgan fingerprint density at radius 1 is 1.28 bits per heavy atom. The quantitative estimate of drug-likeness (QED) is 0.760. The van der Waals surface area contributed by atoms with Gasteiger partial charge in [-0.3, -0.25) is 0 Å². The molecule has 1 saturated carbocycles. The molecule has 18 heavy (non-hydrogen) atoms. The van der Waals surface area contributed by atoms with Gasteiger partial charge in [0.15, 0.2) is 0 Å². The third-order valence-electron chi connectivity index (χ3n) is 3.33. The molecule has 0 aliphatic heterocycles. The summed E-state index contributed by atoms with van der Waals surface area (Å²) < 4.78 is 1.80. The van der Waals surface area contributed by atoms with Gasteiger partial charge in [0, 0.05) is 11.5 Å². The van der Waals surface area contributed by atoms with E-state index >= 15 is 0 Å². The topological polar surface area (TPSA) is 17.8 Å². The van der Waals surface area contributed by atoms with Crippen LogP contribution in [-0.2, 0) is 5.88 Å². The van der Waals surface area contributed by atoms with Gasteiger partial charge in [-0.15, -0.1) is 11.6 Å².